The highest BCUT2D eigenvalue weighted by atomic mass is 35.5. The topological polar surface area (TPSA) is 59.1 Å². The van der Waals surface area contributed by atoms with Gasteiger partial charge in [0.25, 0.3) is 0 Å². The SMILES string of the molecule is N=C(N)c1c(F)cccc1OCc1cccc(Cl)c1. The molecule has 0 unspecified atom stereocenters. The van der Waals surface area contributed by atoms with Crippen LogP contribution in [-0.4, -0.2) is 5.84 Å². The van der Waals surface area contributed by atoms with E-state index in [9.17, 15) is 4.39 Å². The number of nitrogens with one attached hydrogen (secondary N) is 1. The molecule has 0 aromatic heterocycles. The van der Waals surface area contributed by atoms with Crippen LogP contribution in [0.1, 0.15) is 11.1 Å². The van der Waals surface area contributed by atoms with Crippen LogP contribution in [0.3, 0.4) is 0 Å². The summed E-state index contributed by atoms with van der Waals surface area (Å²) in [4.78, 5) is 0. The van der Waals surface area contributed by atoms with Crippen LogP contribution in [0.25, 0.3) is 0 Å². The van der Waals surface area contributed by atoms with Crippen LogP contribution in [0.2, 0.25) is 5.02 Å². The minimum absolute atomic E-state index is 0.0236. The van der Waals surface area contributed by atoms with Gasteiger partial charge in [0.2, 0.25) is 0 Å². The maximum Gasteiger partial charge on any atom is 0.137 e. The van der Waals surface area contributed by atoms with Gasteiger partial charge in [0.05, 0.1) is 5.56 Å². The van der Waals surface area contributed by atoms with Crippen molar-refractivity contribution >= 4 is 17.4 Å². The van der Waals surface area contributed by atoms with Crippen LogP contribution in [0, 0.1) is 11.2 Å². The van der Waals surface area contributed by atoms with Crippen LogP contribution in [0.5, 0.6) is 5.75 Å². The molecule has 2 aromatic rings. The van der Waals surface area contributed by atoms with E-state index in [0.29, 0.717) is 5.02 Å². The Hall–Kier alpha value is -2.07. The summed E-state index contributed by atoms with van der Waals surface area (Å²) in [6.45, 7) is 0.226. The summed E-state index contributed by atoms with van der Waals surface area (Å²) in [5.41, 5.74) is 6.18. The molecule has 0 aliphatic heterocycles. The fourth-order valence-electron chi connectivity index (χ4n) is 1.67. The Labute approximate surface area is 115 Å². The molecule has 0 saturated carbocycles. The van der Waals surface area contributed by atoms with Gasteiger partial charge in [-0.25, -0.2) is 4.39 Å². The van der Waals surface area contributed by atoms with E-state index < -0.39 is 5.82 Å². The quantitative estimate of drug-likeness (QED) is 0.666. The molecule has 0 radical (unpaired) electrons. The van der Waals surface area contributed by atoms with Crippen LogP contribution in [0.15, 0.2) is 42.5 Å². The molecule has 5 heteroatoms. The van der Waals surface area contributed by atoms with E-state index >= 15 is 0 Å². The molecule has 0 aliphatic carbocycles. The van der Waals surface area contributed by atoms with E-state index in [4.69, 9.17) is 27.5 Å². The van der Waals surface area contributed by atoms with Crippen molar-refractivity contribution < 1.29 is 9.13 Å². The molecule has 0 aliphatic rings. The second-order valence-electron chi connectivity index (χ2n) is 3.95. The third kappa shape index (κ3) is 3.23. The summed E-state index contributed by atoms with van der Waals surface area (Å²) in [6, 6.07) is 11.5. The number of benzene rings is 2. The minimum atomic E-state index is -0.573. The number of rotatable bonds is 4. The predicted octanol–water partition coefficient (Wildman–Crippen LogP) is 3.34. The molecule has 0 bridgehead atoms. The van der Waals surface area contributed by atoms with Crippen LogP contribution < -0.4 is 10.5 Å². The molecule has 0 saturated heterocycles. The van der Waals surface area contributed by atoms with E-state index in [0.717, 1.165) is 5.56 Å². The van der Waals surface area contributed by atoms with Gasteiger partial charge in [-0.2, -0.15) is 0 Å². The van der Waals surface area contributed by atoms with Crippen molar-refractivity contribution in [1.29, 1.82) is 5.41 Å². The lowest BCUT2D eigenvalue weighted by Crippen LogP contribution is -2.15. The van der Waals surface area contributed by atoms with Gasteiger partial charge in [-0.3, -0.25) is 5.41 Å². The zero-order valence-electron chi connectivity index (χ0n) is 9.99. The van der Waals surface area contributed by atoms with Crippen molar-refractivity contribution in [2.45, 2.75) is 6.61 Å². The second kappa shape index (κ2) is 5.71. The minimum Gasteiger partial charge on any atom is -0.488 e. The largest absolute Gasteiger partial charge is 0.488 e. The first-order valence-corrected chi connectivity index (χ1v) is 5.96. The summed E-state index contributed by atoms with van der Waals surface area (Å²) in [5.74, 6) is -0.692. The van der Waals surface area contributed by atoms with Gasteiger partial charge < -0.3 is 10.5 Å². The Balaban J connectivity index is 2.20. The van der Waals surface area contributed by atoms with Crippen molar-refractivity contribution in [3.8, 4) is 5.75 Å². The first-order valence-electron chi connectivity index (χ1n) is 5.58. The number of ether oxygens (including phenoxy) is 1. The summed E-state index contributed by atoms with van der Waals surface area (Å²) < 4.78 is 19.1. The van der Waals surface area contributed by atoms with Crippen molar-refractivity contribution in [2.75, 3.05) is 0 Å². The van der Waals surface area contributed by atoms with E-state index in [1.165, 1.54) is 12.1 Å². The third-order valence-corrected chi connectivity index (χ3v) is 2.76. The molecule has 2 rings (SSSR count). The molecular formula is C14H12ClFN2O. The summed E-state index contributed by atoms with van der Waals surface area (Å²) >= 11 is 5.86. The summed E-state index contributed by atoms with van der Waals surface area (Å²) in [6.07, 6.45) is 0. The Morgan fingerprint density at radius 2 is 2.00 bits per heavy atom. The number of amidine groups is 1. The molecule has 0 heterocycles. The molecule has 3 N–H and O–H groups in total. The molecular weight excluding hydrogens is 267 g/mol. The number of hydrogen-bond donors (Lipinski definition) is 2. The average molecular weight is 279 g/mol. The van der Waals surface area contributed by atoms with Crippen LogP contribution in [0.4, 0.5) is 4.39 Å². The Morgan fingerprint density at radius 1 is 1.26 bits per heavy atom. The third-order valence-electron chi connectivity index (χ3n) is 2.53. The van der Waals surface area contributed by atoms with Gasteiger partial charge >= 0.3 is 0 Å². The number of hydrogen-bond acceptors (Lipinski definition) is 2. The van der Waals surface area contributed by atoms with Gasteiger partial charge in [-0.05, 0) is 29.8 Å². The summed E-state index contributed by atoms with van der Waals surface area (Å²) in [7, 11) is 0. The number of halogens is 2. The van der Waals surface area contributed by atoms with Gasteiger partial charge in [-0.1, -0.05) is 29.8 Å². The van der Waals surface area contributed by atoms with Gasteiger partial charge in [0.15, 0.2) is 0 Å². The zero-order chi connectivity index (χ0) is 13.8. The smallest absolute Gasteiger partial charge is 0.137 e. The predicted molar refractivity (Wildman–Crippen MR) is 73.2 cm³/mol. The van der Waals surface area contributed by atoms with Crippen molar-refractivity contribution in [2.24, 2.45) is 5.73 Å². The van der Waals surface area contributed by atoms with Crippen molar-refractivity contribution in [3.05, 3.63) is 64.4 Å². The highest BCUT2D eigenvalue weighted by Crippen LogP contribution is 2.22. The maximum atomic E-state index is 13.6. The molecule has 0 fully saturated rings. The lowest BCUT2D eigenvalue weighted by atomic mass is 10.1. The lowest BCUT2D eigenvalue weighted by molar-refractivity contribution is 0.304. The molecule has 3 nitrogen and oxygen atoms in total. The molecule has 0 spiro atoms. The molecule has 98 valence electrons. The highest BCUT2D eigenvalue weighted by Gasteiger charge is 2.12. The van der Waals surface area contributed by atoms with E-state index in [1.807, 2.05) is 6.07 Å². The number of nitrogen functional groups attached to an aromatic ring is 1. The monoisotopic (exact) mass is 278 g/mol. The van der Waals surface area contributed by atoms with E-state index in [1.54, 1.807) is 24.3 Å². The second-order valence-corrected chi connectivity index (χ2v) is 4.38. The average Bonchev–Trinajstić information content (AvgIpc) is 2.36. The van der Waals surface area contributed by atoms with Gasteiger partial charge in [0, 0.05) is 5.02 Å². The van der Waals surface area contributed by atoms with E-state index in [-0.39, 0.29) is 23.8 Å². The summed E-state index contributed by atoms with van der Waals surface area (Å²) in [5, 5.41) is 7.97. The van der Waals surface area contributed by atoms with Gasteiger partial charge in [-0.15, -0.1) is 0 Å². The normalized spacial score (nSPS) is 10.2. The van der Waals surface area contributed by atoms with Crippen molar-refractivity contribution in [3.63, 3.8) is 0 Å². The lowest BCUT2D eigenvalue weighted by Gasteiger charge is -2.11. The fraction of sp³-hybridized carbons (Fsp3) is 0.0714. The molecule has 0 atom stereocenters. The Kier molecular flexibility index (Phi) is 4.02. The molecule has 0 amide bonds. The first kappa shape index (κ1) is 13.4. The standard InChI is InChI=1S/C14H12ClFN2O/c15-10-4-1-3-9(7-10)8-19-12-6-2-5-11(16)13(12)14(17)18/h1-7H,8H2,(H3,17,18). The van der Waals surface area contributed by atoms with Gasteiger partial charge in [0.1, 0.15) is 24.0 Å². The van der Waals surface area contributed by atoms with E-state index in [2.05, 4.69) is 0 Å². The van der Waals surface area contributed by atoms with Crippen LogP contribution >= 0.6 is 11.6 Å². The first-order chi connectivity index (χ1) is 9.08. The molecule has 2 aromatic carbocycles. The van der Waals surface area contributed by atoms with Crippen LogP contribution in [-0.2, 0) is 6.61 Å². The fourth-order valence-corrected chi connectivity index (χ4v) is 1.89. The maximum absolute atomic E-state index is 13.6. The molecule has 19 heavy (non-hydrogen) atoms. The Bertz CT molecular complexity index is 616. The number of nitrogens with two attached hydrogens (primary N) is 1. The van der Waals surface area contributed by atoms with Crippen molar-refractivity contribution in [1.82, 2.24) is 0 Å². The highest BCUT2D eigenvalue weighted by molar-refractivity contribution is 6.30. The zero-order valence-corrected chi connectivity index (χ0v) is 10.7. The Morgan fingerprint density at radius 3 is 2.68 bits per heavy atom.